The molecular weight excluding hydrogens is 228 g/mol. The monoisotopic (exact) mass is 250 g/mol. The minimum atomic E-state index is -0.732. The fourth-order valence-electron chi connectivity index (χ4n) is 3.37. The minimum absolute atomic E-state index is 0.00394. The highest BCUT2D eigenvalue weighted by Crippen LogP contribution is 2.48. The van der Waals surface area contributed by atoms with Gasteiger partial charge in [-0.25, -0.2) is 0 Å². The van der Waals surface area contributed by atoms with Crippen molar-refractivity contribution in [1.82, 2.24) is 0 Å². The fourth-order valence-corrected chi connectivity index (χ4v) is 3.37. The third-order valence-electron chi connectivity index (χ3n) is 4.55. The lowest BCUT2D eigenvalue weighted by molar-refractivity contribution is -0.111. The maximum atomic E-state index is 12.1. The molecule has 2 aliphatic rings. The first-order chi connectivity index (χ1) is 8.36. The van der Waals surface area contributed by atoms with Gasteiger partial charge in [-0.15, -0.1) is 0 Å². The van der Waals surface area contributed by atoms with E-state index in [2.05, 4.69) is 0 Å². The summed E-state index contributed by atoms with van der Waals surface area (Å²) in [6.07, 6.45) is 3.81. The van der Waals surface area contributed by atoms with Crippen LogP contribution in [0.15, 0.2) is 22.8 Å². The van der Waals surface area contributed by atoms with Crippen molar-refractivity contribution in [2.24, 2.45) is 11.8 Å². The molecule has 3 atom stereocenters. The summed E-state index contributed by atoms with van der Waals surface area (Å²) < 4.78 is 0. The Balaban J connectivity index is 2.47. The molecule has 1 saturated carbocycles. The standard InChI is InChI=1S/C15H22O3/c1-9(2)12-7-13-11(4-5-15(13,3)18)10(8-16)6-14(12)17/h6,11,13,16,18H,4-5,7-8H2,1-3H3/t11-,13-,15-/m0/s1. The van der Waals surface area contributed by atoms with Crippen LogP contribution in [0.1, 0.15) is 40.0 Å². The Hall–Kier alpha value is -0.930. The van der Waals surface area contributed by atoms with E-state index in [1.807, 2.05) is 20.8 Å². The van der Waals surface area contributed by atoms with Crippen LogP contribution in [0.25, 0.3) is 0 Å². The molecule has 0 aromatic rings. The molecule has 0 unspecified atom stereocenters. The number of carbonyl (C=O) groups is 1. The van der Waals surface area contributed by atoms with Crippen LogP contribution in [0.5, 0.6) is 0 Å². The van der Waals surface area contributed by atoms with E-state index in [-0.39, 0.29) is 24.2 Å². The van der Waals surface area contributed by atoms with Crippen LogP contribution in [0, 0.1) is 11.8 Å². The van der Waals surface area contributed by atoms with E-state index < -0.39 is 5.60 Å². The van der Waals surface area contributed by atoms with E-state index in [4.69, 9.17) is 0 Å². The van der Waals surface area contributed by atoms with Crippen molar-refractivity contribution < 1.29 is 15.0 Å². The summed E-state index contributed by atoms with van der Waals surface area (Å²) in [4.78, 5) is 12.1. The van der Waals surface area contributed by atoms with Gasteiger partial charge in [0.2, 0.25) is 0 Å². The molecule has 3 nitrogen and oxygen atoms in total. The van der Waals surface area contributed by atoms with Crippen molar-refractivity contribution in [3.63, 3.8) is 0 Å². The lowest BCUT2D eigenvalue weighted by atomic mass is 9.80. The summed E-state index contributed by atoms with van der Waals surface area (Å²) in [6, 6.07) is 0. The topological polar surface area (TPSA) is 57.5 Å². The van der Waals surface area contributed by atoms with Gasteiger partial charge in [0, 0.05) is 0 Å². The van der Waals surface area contributed by atoms with Crippen LogP contribution in [0.2, 0.25) is 0 Å². The van der Waals surface area contributed by atoms with E-state index in [0.29, 0.717) is 6.42 Å². The van der Waals surface area contributed by atoms with Crippen molar-refractivity contribution in [3.8, 4) is 0 Å². The van der Waals surface area contributed by atoms with E-state index >= 15 is 0 Å². The Morgan fingerprint density at radius 1 is 1.50 bits per heavy atom. The molecule has 0 heterocycles. The predicted octanol–water partition coefficient (Wildman–Crippen LogP) is 1.99. The van der Waals surface area contributed by atoms with Crippen LogP contribution < -0.4 is 0 Å². The zero-order valence-corrected chi connectivity index (χ0v) is 11.4. The highest BCUT2D eigenvalue weighted by atomic mass is 16.3. The van der Waals surface area contributed by atoms with Crippen LogP contribution >= 0.6 is 0 Å². The normalized spacial score (nSPS) is 36.2. The SMILES string of the molecule is CC(C)=C1C[C@H]2[C@@H](CC[C@]2(C)O)C(CO)=CC1=O. The second-order valence-electron chi connectivity index (χ2n) is 6.03. The Labute approximate surface area is 108 Å². The van der Waals surface area contributed by atoms with E-state index in [1.165, 1.54) is 0 Å². The van der Waals surface area contributed by atoms with Gasteiger partial charge in [-0.3, -0.25) is 4.79 Å². The van der Waals surface area contributed by atoms with Crippen molar-refractivity contribution in [2.75, 3.05) is 6.61 Å². The number of ketones is 1. The molecule has 0 saturated heterocycles. The molecule has 100 valence electrons. The minimum Gasteiger partial charge on any atom is -0.392 e. The summed E-state index contributed by atoms with van der Waals surface area (Å²) >= 11 is 0. The van der Waals surface area contributed by atoms with Gasteiger partial charge in [-0.2, -0.15) is 0 Å². The summed E-state index contributed by atoms with van der Waals surface area (Å²) in [5, 5.41) is 19.9. The van der Waals surface area contributed by atoms with E-state index in [1.54, 1.807) is 6.08 Å². The van der Waals surface area contributed by atoms with Gasteiger partial charge in [-0.05, 0) is 69.1 Å². The molecule has 2 aliphatic carbocycles. The number of carbonyl (C=O) groups excluding carboxylic acids is 1. The zero-order chi connectivity index (χ0) is 13.5. The summed E-state index contributed by atoms with van der Waals surface area (Å²) in [5.74, 6) is 0.197. The number of aliphatic hydroxyl groups excluding tert-OH is 1. The molecule has 0 aromatic carbocycles. The van der Waals surface area contributed by atoms with E-state index in [0.717, 1.165) is 29.6 Å². The van der Waals surface area contributed by atoms with Crippen LogP contribution in [0.4, 0.5) is 0 Å². The average molecular weight is 250 g/mol. The maximum Gasteiger partial charge on any atom is 0.181 e. The average Bonchev–Trinajstić information content (AvgIpc) is 2.49. The van der Waals surface area contributed by atoms with Crippen molar-refractivity contribution in [3.05, 3.63) is 22.8 Å². The number of hydrogen-bond acceptors (Lipinski definition) is 3. The van der Waals surface area contributed by atoms with Crippen LogP contribution in [-0.2, 0) is 4.79 Å². The first-order valence-electron chi connectivity index (χ1n) is 6.61. The lowest BCUT2D eigenvalue weighted by Gasteiger charge is -2.29. The summed E-state index contributed by atoms with van der Waals surface area (Å²) in [5.41, 5.74) is 1.87. The first kappa shape index (κ1) is 13.5. The van der Waals surface area contributed by atoms with Crippen LogP contribution in [0.3, 0.4) is 0 Å². The van der Waals surface area contributed by atoms with Crippen molar-refractivity contribution >= 4 is 5.78 Å². The zero-order valence-electron chi connectivity index (χ0n) is 11.4. The van der Waals surface area contributed by atoms with Crippen molar-refractivity contribution in [1.29, 1.82) is 0 Å². The van der Waals surface area contributed by atoms with Gasteiger partial charge < -0.3 is 10.2 Å². The van der Waals surface area contributed by atoms with Gasteiger partial charge in [0.05, 0.1) is 12.2 Å². The number of aliphatic hydroxyl groups is 2. The lowest BCUT2D eigenvalue weighted by Crippen LogP contribution is -2.32. The summed E-state index contributed by atoms with van der Waals surface area (Å²) in [7, 11) is 0. The second kappa shape index (κ2) is 4.63. The van der Waals surface area contributed by atoms with Gasteiger partial charge in [-0.1, -0.05) is 5.57 Å². The molecule has 3 heteroatoms. The van der Waals surface area contributed by atoms with Crippen LogP contribution in [-0.4, -0.2) is 28.2 Å². The Bertz CT molecular complexity index is 425. The number of allylic oxidation sites excluding steroid dienone is 3. The number of fused-ring (bicyclic) bond motifs is 1. The molecular formula is C15H22O3. The molecule has 0 bridgehead atoms. The van der Waals surface area contributed by atoms with Gasteiger partial charge in [0.15, 0.2) is 5.78 Å². The summed E-state index contributed by atoms with van der Waals surface area (Å²) in [6.45, 7) is 5.64. The molecule has 0 aliphatic heterocycles. The fraction of sp³-hybridized carbons (Fsp3) is 0.667. The largest absolute Gasteiger partial charge is 0.392 e. The molecule has 0 radical (unpaired) electrons. The van der Waals surface area contributed by atoms with Gasteiger partial charge in [0.25, 0.3) is 0 Å². The highest BCUT2D eigenvalue weighted by molar-refractivity contribution is 6.05. The molecule has 18 heavy (non-hydrogen) atoms. The first-order valence-corrected chi connectivity index (χ1v) is 6.61. The Morgan fingerprint density at radius 3 is 2.72 bits per heavy atom. The Kier molecular flexibility index (Phi) is 3.47. The number of rotatable bonds is 1. The molecule has 0 aromatic heterocycles. The van der Waals surface area contributed by atoms with E-state index in [9.17, 15) is 15.0 Å². The van der Waals surface area contributed by atoms with Gasteiger partial charge in [0.1, 0.15) is 0 Å². The predicted molar refractivity (Wildman–Crippen MR) is 70.0 cm³/mol. The Morgan fingerprint density at radius 2 is 2.17 bits per heavy atom. The second-order valence-corrected chi connectivity index (χ2v) is 6.03. The third-order valence-corrected chi connectivity index (χ3v) is 4.55. The number of hydrogen-bond donors (Lipinski definition) is 2. The molecule has 0 spiro atoms. The molecule has 2 rings (SSSR count). The molecule has 0 amide bonds. The highest BCUT2D eigenvalue weighted by Gasteiger charge is 2.46. The molecule has 1 fully saturated rings. The van der Waals surface area contributed by atoms with Gasteiger partial charge >= 0.3 is 0 Å². The van der Waals surface area contributed by atoms with Crippen molar-refractivity contribution in [2.45, 2.75) is 45.6 Å². The maximum absolute atomic E-state index is 12.1. The smallest absolute Gasteiger partial charge is 0.181 e. The quantitative estimate of drug-likeness (QED) is 0.700. The third kappa shape index (κ3) is 2.17. The molecule has 2 N–H and O–H groups in total.